The molecule has 1 aromatic rings. The molecule has 5 heteroatoms. The first kappa shape index (κ1) is 11.7. The van der Waals surface area contributed by atoms with E-state index in [1.54, 1.807) is 0 Å². The molecule has 0 aliphatic carbocycles. The highest BCUT2D eigenvalue weighted by Gasteiger charge is 2.07. The molecular formula is C10H16N2O3. The molecule has 84 valence electrons. The van der Waals surface area contributed by atoms with Gasteiger partial charge < -0.3 is 14.4 Å². The fourth-order valence-corrected chi connectivity index (χ4v) is 1.32. The maximum absolute atomic E-state index is 10.3. The molecule has 0 amide bonds. The first-order chi connectivity index (χ1) is 7.09. The highest BCUT2D eigenvalue weighted by Crippen LogP contribution is 2.07. The van der Waals surface area contributed by atoms with Gasteiger partial charge in [-0.3, -0.25) is 4.79 Å². The van der Waals surface area contributed by atoms with E-state index in [4.69, 9.17) is 9.52 Å². The molecule has 0 aliphatic rings. The van der Waals surface area contributed by atoms with Gasteiger partial charge in [-0.05, 0) is 26.9 Å². The SMILES string of the molecule is Cc1ocnc1CN(C)CCCC(=O)O. The summed E-state index contributed by atoms with van der Waals surface area (Å²) < 4.78 is 5.08. The minimum atomic E-state index is -0.749. The summed E-state index contributed by atoms with van der Waals surface area (Å²) in [5.41, 5.74) is 0.910. The van der Waals surface area contributed by atoms with Crippen LogP contribution in [0.2, 0.25) is 0 Å². The maximum Gasteiger partial charge on any atom is 0.303 e. The van der Waals surface area contributed by atoms with Crippen molar-refractivity contribution in [2.45, 2.75) is 26.3 Å². The standard InChI is InChI=1S/C10H16N2O3/c1-8-9(11-7-15-8)6-12(2)5-3-4-10(13)14/h7H,3-6H2,1-2H3,(H,13,14). The van der Waals surface area contributed by atoms with E-state index in [0.29, 0.717) is 13.0 Å². The number of aliphatic carboxylic acids is 1. The van der Waals surface area contributed by atoms with Crippen molar-refractivity contribution >= 4 is 5.97 Å². The number of nitrogens with zero attached hydrogens (tertiary/aromatic N) is 2. The third-order valence-corrected chi connectivity index (χ3v) is 2.19. The molecule has 1 N–H and O–H groups in total. The fraction of sp³-hybridized carbons (Fsp3) is 0.600. The van der Waals surface area contributed by atoms with Crippen molar-refractivity contribution in [2.75, 3.05) is 13.6 Å². The molecule has 0 atom stereocenters. The van der Waals surface area contributed by atoms with Gasteiger partial charge in [-0.2, -0.15) is 0 Å². The molecule has 0 saturated heterocycles. The molecule has 0 unspecified atom stereocenters. The van der Waals surface area contributed by atoms with Crippen molar-refractivity contribution < 1.29 is 14.3 Å². The molecule has 1 rings (SSSR count). The number of carboxylic acids is 1. The highest BCUT2D eigenvalue weighted by molar-refractivity contribution is 5.66. The maximum atomic E-state index is 10.3. The van der Waals surface area contributed by atoms with Crippen LogP contribution in [0.1, 0.15) is 24.3 Å². The average molecular weight is 212 g/mol. The second-order valence-electron chi connectivity index (χ2n) is 3.59. The molecule has 0 radical (unpaired) electrons. The second-order valence-corrected chi connectivity index (χ2v) is 3.59. The summed E-state index contributed by atoms with van der Waals surface area (Å²) in [6, 6.07) is 0. The van der Waals surface area contributed by atoms with E-state index in [9.17, 15) is 4.79 Å². The van der Waals surface area contributed by atoms with Crippen LogP contribution in [-0.4, -0.2) is 34.6 Å². The van der Waals surface area contributed by atoms with Crippen LogP contribution in [0.5, 0.6) is 0 Å². The van der Waals surface area contributed by atoms with Gasteiger partial charge >= 0.3 is 5.97 Å². The van der Waals surface area contributed by atoms with Crippen molar-refractivity contribution in [1.29, 1.82) is 0 Å². The molecule has 1 aromatic heterocycles. The number of rotatable bonds is 6. The van der Waals surface area contributed by atoms with E-state index in [0.717, 1.165) is 18.0 Å². The lowest BCUT2D eigenvalue weighted by Gasteiger charge is -2.14. The molecule has 0 bridgehead atoms. The third kappa shape index (κ3) is 4.12. The van der Waals surface area contributed by atoms with Crippen LogP contribution in [0, 0.1) is 6.92 Å². The van der Waals surface area contributed by atoms with E-state index in [1.807, 2.05) is 18.9 Å². The highest BCUT2D eigenvalue weighted by atomic mass is 16.4. The van der Waals surface area contributed by atoms with Crippen molar-refractivity contribution in [3.63, 3.8) is 0 Å². The minimum Gasteiger partial charge on any atom is -0.481 e. The van der Waals surface area contributed by atoms with E-state index in [-0.39, 0.29) is 6.42 Å². The number of aryl methyl sites for hydroxylation is 1. The number of hydrogen-bond donors (Lipinski definition) is 1. The predicted molar refractivity (Wildman–Crippen MR) is 54.4 cm³/mol. The number of aromatic nitrogens is 1. The summed E-state index contributed by atoms with van der Waals surface area (Å²) in [6.45, 7) is 3.31. The molecule has 0 aromatic carbocycles. The topological polar surface area (TPSA) is 66.6 Å². The molecule has 15 heavy (non-hydrogen) atoms. The zero-order chi connectivity index (χ0) is 11.3. The van der Waals surface area contributed by atoms with Gasteiger partial charge in [0.1, 0.15) is 5.76 Å². The first-order valence-electron chi connectivity index (χ1n) is 4.89. The lowest BCUT2D eigenvalue weighted by Crippen LogP contribution is -2.20. The van der Waals surface area contributed by atoms with E-state index < -0.39 is 5.97 Å². The monoisotopic (exact) mass is 212 g/mol. The zero-order valence-corrected chi connectivity index (χ0v) is 9.06. The Balaban J connectivity index is 2.27. The smallest absolute Gasteiger partial charge is 0.303 e. The van der Waals surface area contributed by atoms with Crippen molar-refractivity contribution in [3.05, 3.63) is 17.8 Å². The van der Waals surface area contributed by atoms with Crippen LogP contribution in [-0.2, 0) is 11.3 Å². The molecule has 0 saturated carbocycles. The van der Waals surface area contributed by atoms with Crippen LogP contribution in [0.25, 0.3) is 0 Å². The van der Waals surface area contributed by atoms with E-state index in [2.05, 4.69) is 4.98 Å². The van der Waals surface area contributed by atoms with Gasteiger partial charge in [-0.25, -0.2) is 4.98 Å². The summed E-state index contributed by atoms with van der Waals surface area (Å²) in [4.78, 5) is 16.4. The van der Waals surface area contributed by atoms with Gasteiger partial charge in [0, 0.05) is 13.0 Å². The van der Waals surface area contributed by atoms with Gasteiger partial charge in [0.15, 0.2) is 6.39 Å². The predicted octanol–water partition coefficient (Wildman–Crippen LogP) is 1.28. The summed E-state index contributed by atoms with van der Waals surface area (Å²) in [7, 11) is 1.94. The molecule has 1 heterocycles. The Morgan fingerprint density at radius 3 is 2.93 bits per heavy atom. The number of oxazole rings is 1. The van der Waals surface area contributed by atoms with Crippen LogP contribution in [0.4, 0.5) is 0 Å². The Bertz CT molecular complexity index is 322. The molecule has 5 nitrogen and oxygen atoms in total. The molecular weight excluding hydrogens is 196 g/mol. The Kier molecular flexibility index (Phi) is 4.30. The summed E-state index contributed by atoms with van der Waals surface area (Å²) in [5, 5.41) is 8.48. The van der Waals surface area contributed by atoms with Gasteiger partial charge in [-0.15, -0.1) is 0 Å². The number of hydrogen-bond acceptors (Lipinski definition) is 4. The van der Waals surface area contributed by atoms with Crippen LogP contribution >= 0.6 is 0 Å². The van der Waals surface area contributed by atoms with Gasteiger partial charge in [0.05, 0.1) is 5.69 Å². The molecule has 0 fully saturated rings. The number of carbonyl (C=O) groups is 1. The van der Waals surface area contributed by atoms with Gasteiger partial charge in [-0.1, -0.05) is 0 Å². The van der Waals surface area contributed by atoms with Crippen LogP contribution in [0.3, 0.4) is 0 Å². The summed E-state index contributed by atoms with van der Waals surface area (Å²) in [6.07, 6.45) is 2.29. The van der Waals surface area contributed by atoms with Crippen molar-refractivity contribution in [3.8, 4) is 0 Å². The van der Waals surface area contributed by atoms with Crippen LogP contribution in [0.15, 0.2) is 10.8 Å². The Labute approximate surface area is 88.7 Å². The van der Waals surface area contributed by atoms with Gasteiger partial charge in [0.25, 0.3) is 0 Å². The first-order valence-corrected chi connectivity index (χ1v) is 4.89. The fourth-order valence-electron chi connectivity index (χ4n) is 1.32. The third-order valence-electron chi connectivity index (χ3n) is 2.19. The summed E-state index contributed by atoms with van der Waals surface area (Å²) in [5.74, 6) is 0.0705. The largest absolute Gasteiger partial charge is 0.481 e. The quantitative estimate of drug-likeness (QED) is 0.769. The van der Waals surface area contributed by atoms with Crippen molar-refractivity contribution in [2.24, 2.45) is 0 Å². The Morgan fingerprint density at radius 1 is 1.67 bits per heavy atom. The average Bonchev–Trinajstić information content (AvgIpc) is 2.51. The Hall–Kier alpha value is -1.36. The summed E-state index contributed by atoms with van der Waals surface area (Å²) >= 11 is 0. The minimum absolute atomic E-state index is 0.210. The zero-order valence-electron chi connectivity index (χ0n) is 9.06. The lowest BCUT2D eigenvalue weighted by atomic mass is 10.3. The van der Waals surface area contributed by atoms with Crippen molar-refractivity contribution in [1.82, 2.24) is 9.88 Å². The lowest BCUT2D eigenvalue weighted by molar-refractivity contribution is -0.137. The number of carboxylic acid groups (broad SMARTS) is 1. The Morgan fingerprint density at radius 2 is 2.40 bits per heavy atom. The van der Waals surface area contributed by atoms with Gasteiger partial charge in [0.2, 0.25) is 0 Å². The van der Waals surface area contributed by atoms with Crippen LogP contribution < -0.4 is 0 Å². The van der Waals surface area contributed by atoms with E-state index >= 15 is 0 Å². The second kappa shape index (κ2) is 5.50. The molecule has 0 spiro atoms. The van der Waals surface area contributed by atoms with E-state index in [1.165, 1.54) is 6.39 Å². The normalized spacial score (nSPS) is 10.9. The molecule has 0 aliphatic heterocycles.